The lowest BCUT2D eigenvalue weighted by atomic mass is 9.96. The molecule has 1 atom stereocenters. The Kier molecular flexibility index (Phi) is 6.82. The third kappa shape index (κ3) is 5.12. The predicted molar refractivity (Wildman–Crippen MR) is 109 cm³/mol. The molecule has 1 N–H and O–H groups in total. The fourth-order valence-electron chi connectivity index (χ4n) is 2.80. The third-order valence-electron chi connectivity index (χ3n) is 4.64. The third-order valence-corrected chi connectivity index (χ3v) is 5.81. The molecule has 29 heavy (non-hydrogen) atoms. The second-order valence-corrected chi connectivity index (χ2v) is 7.70. The van der Waals surface area contributed by atoms with Gasteiger partial charge in [-0.1, -0.05) is 25.6 Å². The molecule has 0 aliphatic rings. The summed E-state index contributed by atoms with van der Waals surface area (Å²) >= 11 is 1.33. The van der Waals surface area contributed by atoms with E-state index in [9.17, 15) is 14.0 Å². The van der Waals surface area contributed by atoms with Gasteiger partial charge in [0.1, 0.15) is 11.6 Å². The summed E-state index contributed by atoms with van der Waals surface area (Å²) in [5.74, 6) is 0.140. The highest BCUT2D eigenvalue weighted by Crippen LogP contribution is 2.37. The summed E-state index contributed by atoms with van der Waals surface area (Å²) in [6, 6.07) is 9.52. The van der Waals surface area contributed by atoms with E-state index < -0.39 is 5.82 Å². The maximum Gasteiger partial charge on any atom is 0.251 e. The molecule has 0 saturated carbocycles. The Hall–Kier alpha value is -2.93. The monoisotopic (exact) mass is 412 g/mol. The molecule has 7 heteroatoms. The second kappa shape index (κ2) is 9.52. The van der Waals surface area contributed by atoms with Crippen LogP contribution in [0.25, 0.3) is 0 Å². The minimum absolute atomic E-state index is 0.188. The molecule has 1 amide bonds. The van der Waals surface area contributed by atoms with Gasteiger partial charge in [-0.05, 0) is 54.3 Å². The number of aromatic nitrogens is 1. The van der Waals surface area contributed by atoms with Crippen molar-refractivity contribution in [3.05, 3.63) is 77.3 Å². The molecule has 2 aromatic carbocycles. The van der Waals surface area contributed by atoms with Crippen LogP contribution in [0, 0.1) is 5.82 Å². The summed E-state index contributed by atoms with van der Waals surface area (Å²) in [5.41, 5.74) is 1.94. The van der Waals surface area contributed by atoms with E-state index in [2.05, 4.69) is 24.1 Å². The minimum atomic E-state index is -0.397. The van der Waals surface area contributed by atoms with Gasteiger partial charge < -0.3 is 9.73 Å². The number of amides is 1. The molecule has 150 valence electrons. The van der Waals surface area contributed by atoms with Crippen molar-refractivity contribution in [2.45, 2.75) is 42.5 Å². The van der Waals surface area contributed by atoms with E-state index in [-0.39, 0.29) is 18.4 Å². The number of nitrogens with zero attached hydrogens (tertiary/aromatic N) is 1. The van der Waals surface area contributed by atoms with Crippen molar-refractivity contribution in [1.29, 1.82) is 0 Å². The second-order valence-electron chi connectivity index (χ2n) is 6.61. The first-order chi connectivity index (χ1) is 14.0. The fourth-order valence-corrected chi connectivity index (χ4v) is 3.96. The summed E-state index contributed by atoms with van der Waals surface area (Å²) in [5, 5.41) is 2.80. The van der Waals surface area contributed by atoms with E-state index >= 15 is 0 Å². The molecule has 0 spiro atoms. The number of hydrogen-bond acceptors (Lipinski definition) is 5. The molecule has 3 rings (SSSR count). The van der Waals surface area contributed by atoms with Crippen LogP contribution in [0.4, 0.5) is 4.39 Å². The zero-order valence-corrected chi connectivity index (χ0v) is 17.0. The van der Waals surface area contributed by atoms with Crippen LogP contribution in [0.3, 0.4) is 0 Å². The van der Waals surface area contributed by atoms with Crippen molar-refractivity contribution < 1.29 is 18.4 Å². The van der Waals surface area contributed by atoms with Gasteiger partial charge in [0.2, 0.25) is 0 Å². The SMILES string of the molecule is CCC(C)c1cc(C(=O)NCc2cnco2)ccc1Sc1cc(F)ccc1C=O. The maximum atomic E-state index is 13.7. The van der Waals surface area contributed by atoms with Crippen LogP contribution in [0.1, 0.15) is 58.2 Å². The Morgan fingerprint density at radius 1 is 1.28 bits per heavy atom. The summed E-state index contributed by atoms with van der Waals surface area (Å²) < 4.78 is 18.8. The minimum Gasteiger partial charge on any atom is -0.447 e. The Morgan fingerprint density at radius 2 is 2.10 bits per heavy atom. The lowest BCUT2D eigenvalue weighted by molar-refractivity contribution is 0.0947. The van der Waals surface area contributed by atoms with Gasteiger partial charge in [-0.25, -0.2) is 9.37 Å². The zero-order chi connectivity index (χ0) is 20.8. The van der Waals surface area contributed by atoms with Gasteiger partial charge in [0.25, 0.3) is 5.91 Å². The molecule has 0 aliphatic carbocycles. The van der Waals surface area contributed by atoms with Crippen molar-refractivity contribution in [3.63, 3.8) is 0 Å². The normalized spacial score (nSPS) is 11.8. The molecular weight excluding hydrogens is 391 g/mol. The smallest absolute Gasteiger partial charge is 0.251 e. The highest BCUT2D eigenvalue weighted by Gasteiger charge is 2.16. The molecule has 0 saturated heterocycles. The molecule has 0 radical (unpaired) electrons. The summed E-state index contributed by atoms with van der Waals surface area (Å²) in [6.45, 7) is 4.39. The maximum absolute atomic E-state index is 13.7. The Labute approximate surface area is 172 Å². The molecule has 1 unspecified atom stereocenters. The van der Waals surface area contributed by atoms with Crippen LogP contribution in [0.5, 0.6) is 0 Å². The van der Waals surface area contributed by atoms with Crippen molar-refractivity contribution in [3.8, 4) is 0 Å². The van der Waals surface area contributed by atoms with Crippen molar-refractivity contribution >= 4 is 24.0 Å². The van der Waals surface area contributed by atoms with Crippen LogP contribution in [-0.4, -0.2) is 17.2 Å². The van der Waals surface area contributed by atoms with Crippen LogP contribution in [0.2, 0.25) is 0 Å². The number of carbonyl (C=O) groups is 2. The fraction of sp³-hybridized carbons (Fsp3) is 0.227. The van der Waals surface area contributed by atoms with E-state index in [1.807, 2.05) is 12.1 Å². The highest BCUT2D eigenvalue weighted by molar-refractivity contribution is 7.99. The average Bonchev–Trinajstić information content (AvgIpc) is 3.25. The number of hydrogen-bond donors (Lipinski definition) is 1. The first-order valence-electron chi connectivity index (χ1n) is 9.24. The van der Waals surface area contributed by atoms with Crippen LogP contribution >= 0.6 is 11.8 Å². The van der Waals surface area contributed by atoms with Crippen molar-refractivity contribution in [2.75, 3.05) is 0 Å². The Balaban J connectivity index is 1.87. The van der Waals surface area contributed by atoms with Gasteiger partial charge in [0.15, 0.2) is 12.7 Å². The zero-order valence-electron chi connectivity index (χ0n) is 16.1. The number of rotatable bonds is 8. The number of aldehydes is 1. The van der Waals surface area contributed by atoms with Gasteiger partial charge in [0.05, 0.1) is 12.7 Å². The molecule has 5 nitrogen and oxygen atoms in total. The lowest BCUT2D eigenvalue weighted by Gasteiger charge is -2.17. The summed E-state index contributed by atoms with van der Waals surface area (Å²) in [4.78, 5) is 29.1. The molecule has 1 aromatic heterocycles. The van der Waals surface area contributed by atoms with E-state index in [0.29, 0.717) is 21.8 Å². The lowest BCUT2D eigenvalue weighted by Crippen LogP contribution is -2.22. The number of nitrogens with one attached hydrogen (secondary N) is 1. The van der Waals surface area contributed by atoms with Crippen molar-refractivity contribution in [2.24, 2.45) is 0 Å². The van der Waals surface area contributed by atoms with Gasteiger partial charge >= 0.3 is 0 Å². The Bertz CT molecular complexity index is 1010. The van der Waals surface area contributed by atoms with E-state index in [4.69, 9.17) is 4.42 Å². The van der Waals surface area contributed by atoms with Gasteiger partial charge in [0, 0.05) is 20.9 Å². The van der Waals surface area contributed by atoms with Gasteiger partial charge in [-0.2, -0.15) is 0 Å². The summed E-state index contributed by atoms with van der Waals surface area (Å²) in [6.07, 6.45) is 4.46. The quantitative estimate of drug-likeness (QED) is 0.514. The Morgan fingerprint density at radius 3 is 2.79 bits per heavy atom. The van der Waals surface area contributed by atoms with E-state index in [1.54, 1.807) is 12.3 Å². The highest BCUT2D eigenvalue weighted by atomic mass is 32.2. The number of benzene rings is 2. The number of oxazole rings is 1. The standard InChI is InChI=1S/C22H21FN2O3S/c1-3-14(2)19-8-15(22(27)25-11-18-10-24-13-28-18)5-7-20(19)29-21-9-17(23)6-4-16(21)12-26/h4-10,12-14H,3,11H2,1-2H3,(H,25,27). The van der Waals surface area contributed by atoms with Crippen molar-refractivity contribution in [1.82, 2.24) is 10.3 Å². The van der Waals surface area contributed by atoms with Gasteiger partial charge in [-0.15, -0.1) is 0 Å². The van der Waals surface area contributed by atoms with Crippen LogP contribution in [-0.2, 0) is 6.54 Å². The molecular formula is C22H21FN2O3S. The van der Waals surface area contributed by atoms with Crippen LogP contribution in [0.15, 0.2) is 63.2 Å². The molecule has 0 fully saturated rings. The number of halogens is 1. The topological polar surface area (TPSA) is 72.2 Å². The van der Waals surface area contributed by atoms with Gasteiger partial charge in [-0.3, -0.25) is 9.59 Å². The summed E-state index contributed by atoms with van der Waals surface area (Å²) in [7, 11) is 0. The molecule has 0 bridgehead atoms. The molecule has 0 aliphatic heterocycles. The molecule has 1 heterocycles. The largest absolute Gasteiger partial charge is 0.447 e. The van der Waals surface area contributed by atoms with Crippen LogP contribution < -0.4 is 5.32 Å². The first-order valence-corrected chi connectivity index (χ1v) is 10.1. The van der Waals surface area contributed by atoms with E-state index in [1.165, 1.54) is 36.4 Å². The molecule has 3 aromatic rings. The number of carbonyl (C=O) groups excluding carboxylic acids is 2. The first kappa shape index (κ1) is 20.8. The van der Waals surface area contributed by atoms with E-state index in [0.717, 1.165) is 23.2 Å². The average molecular weight is 412 g/mol. The predicted octanol–water partition coefficient (Wildman–Crippen LogP) is 5.22.